The van der Waals surface area contributed by atoms with E-state index < -0.39 is 23.3 Å². The van der Waals surface area contributed by atoms with Crippen molar-refractivity contribution >= 4 is 11.3 Å². The first-order valence-corrected chi connectivity index (χ1v) is 11.8. The highest BCUT2D eigenvalue weighted by Crippen LogP contribution is 2.51. The second-order valence-corrected chi connectivity index (χ2v) is 8.75. The van der Waals surface area contributed by atoms with E-state index in [4.69, 9.17) is 4.74 Å². The van der Waals surface area contributed by atoms with Crippen LogP contribution in [0.15, 0.2) is 127 Å². The van der Waals surface area contributed by atoms with Gasteiger partial charge in [0, 0.05) is 11.1 Å². The van der Waals surface area contributed by atoms with Crippen LogP contribution < -0.4 is 0 Å². The third-order valence-electron chi connectivity index (χ3n) is 6.46. The first-order valence-electron chi connectivity index (χ1n) is 11.8. The molecule has 0 fully saturated rings. The highest BCUT2D eigenvalue weighted by atomic mass is 19.4. The molecule has 5 rings (SSSR count). The average molecular weight is 494 g/mol. The average Bonchev–Trinajstić information content (AvgIpc) is 2.94. The highest BCUT2D eigenvalue weighted by Gasteiger charge is 2.48. The predicted molar refractivity (Wildman–Crippen MR) is 138 cm³/mol. The largest absolute Gasteiger partial charge is 0.476 e. The zero-order valence-electron chi connectivity index (χ0n) is 19.7. The van der Waals surface area contributed by atoms with Gasteiger partial charge in [-0.1, -0.05) is 109 Å². The number of benzene rings is 4. The standard InChI is InChI=1S/C32H22F3NO/c33-32(34,35)28-19-11-10-18-27(28)29(22-36)31(26-16-8-3-9-17-26)21-25(23-12-4-1-5-13-23)20-30(37-31)24-14-6-2-7-15-24/h1-21,29H. The van der Waals surface area contributed by atoms with Gasteiger partial charge in [-0.15, -0.1) is 0 Å². The van der Waals surface area contributed by atoms with Crippen LogP contribution in [0.3, 0.4) is 0 Å². The molecule has 0 spiro atoms. The summed E-state index contributed by atoms with van der Waals surface area (Å²) in [6.45, 7) is 0. The number of allylic oxidation sites excluding steroid dienone is 2. The zero-order valence-corrected chi connectivity index (χ0v) is 19.7. The Morgan fingerprint density at radius 3 is 1.84 bits per heavy atom. The molecule has 0 aliphatic carbocycles. The van der Waals surface area contributed by atoms with Crippen molar-refractivity contribution in [3.8, 4) is 6.07 Å². The molecular formula is C32H22F3NO. The second-order valence-electron chi connectivity index (χ2n) is 8.75. The van der Waals surface area contributed by atoms with Gasteiger partial charge in [0.25, 0.3) is 0 Å². The summed E-state index contributed by atoms with van der Waals surface area (Å²) in [4.78, 5) is 0. The van der Waals surface area contributed by atoms with Gasteiger partial charge in [-0.05, 0) is 34.9 Å². The smallest absolute Gasteiger partial charge is 0.416 e. The molecule has 0 bridgehead atoms. The lowest BCUT2D eigenvalue weighted by Gasteiger charge is -2.40. The third kappa shape index (κ3) is 4.66. The maximum atomic E-state index is 14.1. The minimum Gasteiger partial charge on any atom is -0.476 e. The summed E-state index contributed by atoms with van der Waals surface area (Å²) in [7, 11) is 0. The van der Waals surface area contributed by atoms with Crippen molar-refractivity contribution in [1.82, 2.24) is 0 Å². The molecule has 0 N–H and O–H groups in total. The fraction of sp³-hybridized carbons (Fsp3) is 0.0938. The van der Waals surface area contributed by atoms with E-state index in [0.717, 1.165) is 22.8 Å². The van der Waals surface area contributed by atoms with Gasteiger partial charge >= 0.3 is 6.18 Å². The minimum atomic E-state index is -4.64. The van der Waals surface area contributed by atoms with Crippen LogP contribution >= 0.6 is 0 Å². The summed E-state index contributed by atoms with van der Waals surface area (Å²) < 4.78 is 49.1. The molecule has 1 heterocycles. The molecule has 4 aromatic rings. The normalized spacial score (nSPS) is 18.1. The molecule has 0 aromatic heterocycles. The van der Waals surface area contributed by atoms with Gasteiger partial charge in [-0.25, -0.2) is 0 Å². The summed E-state index contributed by atoms with van der Waals surface area (Å²) in [5, 5.41) is 10.5. The van der Waals surface area contributed by atoms with Crippen LogP contribution in [0.2, 0.25) is 0 Å². The number of halogens is 3. The Kier molecular flexibility index (Phi) is 6.42. The Labute approximate surface area is 213 Å². The van der Waals surface area contributed by atoms with Crippen molar-refractivity contribution in [2.24, 2.45) is 0 Å². The third-order valence-corrected chi connectivity index (χ3v) is 6.46. The maximum absolute atomic E-state index is 14.1. The summed E-state index contributed by atoms with van der Waals surface area (Å²) in [5.41, 5.74) is 0.408. The van der Waals surface area contributed by atoms with Crippen LogP contribution in [0, 0.1) is 11.3 Å². The Hall–Kier alpha value is -4.56. The monoisotopic (exact) mass is 493 g/mol. The van der Waals surface area contributed by atoms with E-state index in [1.807, 2.05) is 72.8 Å². The van der Waals surface area contributed by atoms with Gasteiger partial charge in [0.05, 0.1) is 11.6 Å². The molecular weight excluding hydrogens is 471 g/mol. The molecule has 2 unspecified atom stereocenters. The van der Waals surface area contributed by atoms with Gasteiger partial charge in [-0.2, -0.15) is 18.4 Å². The van der Waals surface area contributed by atoms with E-state index in [9.17, 15) is 18.4 Å². The molecule has 2 atom stereocenters. The SMILES string of the molecule is N#CC(c1ccccc1C(F)(F)F)C1(c2ccccc2)C=C(c2ccccc2)C=C(c2ccccc2)O1. The number of ether oxygens (including phenoxy) is 1. The molecule has 1 aliphatic heterocycles. The molecule has 0 saturated heterocycles. The zero-order chi connectivity index (χ0) is 25.9. The molecule has 0 radical (unpaired) electrons. The first kappa shape index (κ1) is 24.1. The fourth-order valence-corrected chi connectivity index (χ4v) is 4.75. The number of nitrogens with zero attached hydrogens (tertiary/aromatic N) is 1. The molecule has 4 aromatic carbocycles. The van der Waals surface area contributed by atoms with Crippen molar-refractivity contribution in [1.29, 1.82) is 5.26 Å². The van der Waals surface area contributed by atoms with Crippen LogP contribution in [-0.4, -0.2) is 0 Å². The van der Waals surface area contributed by atoms with Crippen LogP contribution in [0.1, 0.15) is 33.7 Å². The van der Waals surface area contributed by atoms with Crippen LogP contribution in [0.4, 0.5) is 13.2 Å². The lowest BCUT2D eigenvalue weighted by molar-refractivity contribution is -0.138. The summed E-state index contributed by atoms with van der Waals surface area (Å²) >= 11 is 0. The van der Waals surface area contributed by atoms with E-state index >= 15 is 0 Å². The number of hydrogen-bond donors (Lipinski definition) is 0. The minimum absolute atomic E-state index is 0.140. The molecule has 37 heavy (non-hydrogen) atoms. The second kappa shape index (κ2) is 9.83. The first-order chi connectivity index (χ1) is 17.9. The topological polar surface area (TPSA) is 33.0 Å². The van der Waals surface area contributed by atoms with E-state index in [2.05, 4.69) is 6.07 Å². The highest BCUT2D eigenvalue weighted by molar-refractivity contribution is 5.85. The summed E-state index contributed by atoms with van der Waals surface area (Å²) in [6, 6.07) is 35.3. The van der Waals surface area contributed by atoms with Crippen LogP contribution in [0.25, 0.3) is 11.3 Å². The van der Waals surface area contributed by atoms with Crippen molar-refractivity contribution in [2.45, 2.75) is 17.7 Å². The fourth-order valence-electron chi connectivity index (χ4n) is 4.75. The van der Waals surface area contributed by atoms with Crippen molar-refractivity contribution < 1.29 is 17.9 Å². The van der Waals surface area contributed by atoms with Crippen LogP contribution in [0.5, 0.6) is 0 Å². The lowest BCUT2D eigenvalue weighted by Crippen LogP contribution is -2.36. The molecule has 0 amide bonds. The molecule has 5 heteroatoms. The van der Waals surface area contributed by atoms with Crippen molar-refractivity contribution in [2.75, 3.05) is 0 Å². The Morgan fingerprint density at radius 2 is 1.24 bits per heavy atom. The van der Waals surface area contributed by atoms with E-state index in [1.165, 1.54) is 18.2 Å². The molecule has 1 aliphatic rings. The van der Waals surface area contributed by atoms with Crippen molar-refractivity contribution in [3.05, 3.63) is 155 Å². The molecule has 182 valence electrons. The quantitative estimate of drug-likeness (QED) is 0.280. The van der Waals surface area contributed by atoms with E-state index in [1.54, 1.807) is 30.3 Å². The number of rotatable bonds is 5. The number of alkyl halides is 3. The lowest BCUT2D eigenvalue weighted by atomic mass is 9.73. The van der Waals surface area contributed by atoms with Gasteiger partial charge in [-0.3, -0.25) is 0 Å². The predicted octanol–water partition coefficient (Wildman–Crippen LogP) is 8.36. The van der Waals surface area contributed by atoms with E-state index in [-0.39, 0.29) is 5.56 Å². The van der Waals surface area contributed by atoms with E-state index in [0.29, 0.717) is 11.3 Å². The number of hydrogen-bond acceptors (Lipinski definition) is 2. The summed E-state index contributed by atoms with van der Waals surface area (Å²) in [6.07, 6.45) is -0.983. The maximum Gasteiger partial charge on any atom is 0.416 e. The number of nitriles is 1. The van der Waals surface area contributed by atoms with Gasteiger partial charge in [0.2, 0.25) is 0 Å². The Morgan fingerprint density at radius 1 is 0.703 bits per heavy atom. The van der Waals surface area contributed by atoms with Gasteiger partial charge in [0.15, 0.2) is 5.60 Å². The molecule has 2 nitrogen and oxygen atoms in total. The van der Waals surface area contributed by atoms with Crippen LogP contribution in [-0.2, 0) is 16.5 Å². The summed E-state index contributed by atoms with van der Waals surface area (Å²) in [5.74, 6) is -0.839. The van der Waals surface area contributed by atoms with Gasteiger partial charge < -0.3 is 4.74 Å². The van der Waals surface area contributed by atoms with Crippen molar-refractivity contribution in [3.63, 3.8) is 0 Å². The molecule has 0 saturated carbocycles. The Bertz CT molecular complexity index is 1490. The Balaban J connectivity index is 1.82. The van der Waals surface area contributed by atoms with Gasteiger partial charge in [0.1, 0.15) is 11.7 Å².